The summed E-state index contributed by atoms with van der Waals surface area (Å²) in [7, 11) is 0. The van der Waals surface area contributed by atoms with E-state index >= 15 is 0 Å². The molecule has 0 aromatic heterocycles. The number of hydrogen-bond donors (Lipinski definition) is 1. The molecule has 0 saturated heterocycles. The van der Waals surface area contributed by atoms with Gasteiger partial charge < -0.3 is 15.0 Å². The summed E-state index contributed by atoms with van der Waals surface area (Å²) in [6, 6.07) is 21.7. The van der Waals surface area contributed by atoms with E-state index < -0.39 is 11.9 Å². The molecule has 2 aliphatic rings. The number of anilines is 1. The molecule has 0 unspecified atom stereocenters. The van der Waals surface area contributed by atoms with Crippen LogP contribution >= 0.6 is 0 Å². The Morgan fingerprint density at radius 2 is 1.76 bits per heavy atom. The Bertz CT molecular complexity index is 1250. The molecule has 6 heteroatoms. The minimum Gasteiger partial charge on any atom is -0.462 e. The molecule has 0 fully saturated rings. The summed E-state index contributed by atoms with van der Waals surface area (Å²) in [6.45, 7) is 2.59. The second kappa shape index (κ2) is 8.54. The first-order chi connectivity index (χ1) is 16.1. The molecular weight excluding hydrogens is 416 g/mol. The van der Waals surface area contributed by atoms with Crippen LogP contribution in [0.25, 0.3) is 0 Å². The number of benzene rings is 3. The number of rotatable bonds is 4. The van der Waals surface area contributed by atoms with Crippen LogP contribution in [-0.4, -0.2) is 35.8 Å². The number of carbonyl (C=O) groups is 3. The molecule has 2 amide bonds. The number of hydrogen-bond acceptors (Lipinski definition) is 4. The minimum atomic E-state index is -0.577. The number of carbonyl (C=O) groups excluding carboxylic acids is 3. The van der Waals surface area contributed by atoms with Crippen LogP contribution in [0.15, 0.2) is 72.8 Å². The summed E-state index contributed by atoms with van der Waals surface area (Å²) in [5.41, 5.74) is 4.34. The van der Waals surface area contributed by atoms with Gasteiger partial charge in [-0.3, -0.25) is 9.59 Å². The molecule has 5 rings (SSSR count). The highest BCUT2D eigenvalue weighted by molar-refractivity contribution is 6.05. The van der Waals surface area contributed by atoms with Crippen LogP contribution in [0.4, 0.5) is 5.69 Å². The van der Waals surface area contributed by atoms with Crippen molar-refractivity contribution in [3.8, 4) is 0 Å². The van der Waals surface area contributed by atoms with E-state index in [4.69, 9.17) is 4.74 Å². The Kier molecular flexibility index (Phi) is 5.42. The van der Waals surface area contributed by atoms with E-state index in [1.807, 2.05) is 41.3 Å². The lowest BCUT2D eigenvalue weighted by Crippen LogP contribution is -2.49. The third kappa shape index (κ3) is 3.67. The molecule has 0 radical (unpaired) electrons. The second-order valence-corrected chi connectivity index (χ2v) is 8.25. The van der Waals surface area contributed by atoms with Gasteiger partial charge in [0, 0.05) is 17.8 Å². The second-order valence-electron chi connectivity index (χ2n) is 8.25. The highest BCUT2D eigenvalue weighted by atomic mass is 16.5. The summed E-state index contributed by atoms with van der Waals surface area (Å²) in [6.07, 6.45) is 0.760. The van der Waals surface area contributed by atoms with Gasteiger partial charge in [0.2, 0.25) is 5.91 Å². The van der Waals surface area contributed by atoms with Gasteiger partial charge in [-0.2, -0.15) is 0 Å². The Balaban J connectivity index is 1.55. The van der Waals surface area contributed by atoms with Crippen molar-refractivity contribution in [2.24, 2.45) is 0 Å². The molecule has 1 N–H and O–H groups in total. The van der Waals surface area contributed by atoms with Gasteiger partial charge >= 0.3 is 5.97 Å². The van der Waals surface area contributed by atoms with Crippen LogP contribution in [0.1, 0.15) is 56.3 Å². The van der Waals surface area contributed by atoms with Crippen LogP contribution in [0, 0.1) is 0 Å². The summed E-state index contributed by atoms with van der Waals surface area (Å²) >= 11 is 0. The molecule has 33 heavy (non-hydrogen) atoms. The van der Waals surface area contributed by atoms with Crippen molar-refractivity contribution in [2.75, 3.05) is 18.5 Å². The van der Waals surface area contributed by atoms with E-state index in [-0.39, 0.29) is 24.5 Å². The van der Waals surface area contributed by atoms with Gasteiger partial charge in [0.1, 0.15) is 0 Å². The van der Waals surface area contributed by atoms with E-state index in [0.29, 0.717) is 23.4 Å². The molecule has 2 atom stereocenters. The number of fused-ring (bicyclic) bond motifs is 4. The van der Waals surface area contributed by atoms with E-state index in [0.717, 1.165) is 23.1 Å². The van der Waals surface area contributed by atoms with Gasteiger partial charge in [-0.15, -0.1) is 0 Å². The first-order valence-electron chi connectivity index (χ1n) is 11.1. The van der Waals surface area contributed by atoms with Crippen molar-refractivity contribution < 1.29 is 19.1 Å². The lowest BCUT2D eigenvalue weighted by atomic mass is 9.76. The van der Waals surface area contributed by atoms with Crippen LogP contribution in [0.3, 0.4) is 0 Å². The average Bonchev–Trinajstić information content (AvgIpc) is 2.84. The summed E-state index contributed by atoms with van der Waals surface area (Å²) in [4.78, 5) is 41.0. The molecule has 0 spiro atoms. The maximum atomic E-state index is 13.7. The van der Waals surface area contributed by atoms with Gasteiger partial charge in [0.25, 0.3) is 5.91 Å². The Labute approximate surface area is 192 Å². The molecule has 0 aliphatic carbocycles. The molecule has 0 saturated carbocycles. The van der Waals surface area contributed by atoms with Crippen molar-refractivity contribution >= 4 is 23.5 Å². The lowest BCUT2D eigenvalue weighted by molar-refractivity contribution is -0.119. The quantitative estimate of drug-likeness (QED) is 0.613. The van der Waals surface area contributed by atoms with Crippen molar-refractivity contribution in [1.29, 1.82) is 0 Å². The van der Waals surface area contributed by atoms with Crippen molar-refractivity contribution in [3.63, 3.8) is 0 Å². The largest absolute Gasteiger partial charge is 0.462 e. The topological polar surface area (TPSA) is 75.7 Å². The SMILES string of the molecule is CCOC(=O)c1cccc(NC(=O)[C@H]2c3ccccc3C(=O)N3CCc4ccccc4[C@@H]23)c1. The highest BCUT2D eigenvalue weighted by Crippen LogP contribution is 2.46. The predicted molar refractivity (Wildman–Crippen MR) is 124 cm³/mol. The maximum Gasteiger partial charge on any atom is 0.338 e. The summed E-state index contributed by atoms with van der Waals surface area (Å²) < 4.78 is 5.08. The molecule has 2 aliphatic heterocycles. The normalized spacial score (nSPS) is 18.6. The number of ether oxygens (including phenoxy) is 1. The van der Waals surface area contributed by atoms with E-state index in [2.05, 4.69) is 11.4 Å². The van der Waals surface area contributed by atoms with E-state index in [1.165, 1.54) is 0 Å². The molecule has 166 valence electrons. The van der Waals surface area contributed by atoms with Gasteiger partial charge in [-0.1, -0.05) is 48.5 Å². The number of esters is 1. The van der Waals surface area contributed by atoms with Crippen molar-refractivity contribution in [3.05, 3.63) is 101 Å². The van der Waals surface area contributed by atoms with E-state index in [9.17, 15) is 14.4 Å². The first-order valence-corrected chi connectivity index (χ1v) is 11.1. The Hall–Kier alpha value is -3.93. The first kappa shape index (κ1) is 20.9. The van der Waals surface area contributed by atoms with Crippen LogP contribution in [0.5, 0.6) is 0 Å². The standard InChI is InChI=1S/C27H24N2O4/c1-2-33-27(32)18-9-7-10-19(16-18)28-25(30)23-21-12-5-6-13-22(21)26(31)29-15-14-17-8-3-4-11-20(17)24(23)29/h3-13,16,23-24H,2,14-15H2,1H3,(H,28,30)/t23-,24-/m0/s1. The number of amides is 2. The Morgan fingerprint density at radius 3 is 2.58 bits per heavy atom. The summed E-state index contributed by atoms with van der Waals surface area (Å²) in [5, 5.41) is 2.98. The predicted octanol–water partition coefficient (Wildman–Crippen LogP) is 4.34. The molecule has 6 nitrogen and oxygen atoms in total. The molecule has 0 bridgehead atoms. The van der Waals surface area contributed by atoms with Crippen LogP contribution in [0.2, 0.25) is 0 Å². The van der Waals surface area contributed by atoms with Gasteiger partial charge in [0.15, 0.2) is 0 Å². The third-order valence-electron chi connectivity index (χ3n) is 6.36. The van der Waals surface area contributed by atoms with Crippen molar-refractivity contribution in [1.82, 2.24) is 4.90 Å². The fraction of sp³-hybridized carbons (Fsp3) is 0.222. The molecule has 3 aromatic carbocycles. The fourth-order valence-electron chi connectivity index (χ4n) is 4.92. The van der Waals surface area contributed by atoms with Crippen molar-refractivity contribution in [2.45, 2.75) is 25.3 Å². The number of nitrogens with zero attached hydrogens (tertiary/aromatic N) is 1. The fourth-order valence-corrected chi connectivity index (χ4v) is 4.92. The average molecular weight is 440 g/mol. The smallest absolute Gasteiger partial charge is 0.338 e. The lowest BCUT2D eigenvalue weighted by Gasteiger charge is -2.45. The highest BCUT2D eigenvalue weighted by Gasteiger charge is 2.46. The van der Waals surface area contributed by atoms with Gasteiger partial charge in [-0.05, 0) is 54.3 Å². The zero-order valence-corrected chi connectivity index (χ0v) is 18.3. The maximum absolute atomic E-state index is 13.7. The minimum absolute atomic E-state index is 0.0431. The van der Waals surface area contributed by atoms with Gasteiger partial charge in [-0.25, -0.2) is 4.79 Å². The van der Waals surface area contributed by atoms with Gasteiger partial charge in [0.05, 0.1) is 24.1 Å². The molecular formula is C27H24N2O4. The Morgan fingerprint density at radius 1 is 1.00 bits per heavy atom. The van der Waals surface area contributed by atoms with Crippen LogP contribution < -0.4 is 5.32 Å². The van der Waals surface area contributed by atoms with E-state index in [1.54, 1.807) is 37.3 Å². The monoisotopic (exact) mass is 440 g/mol. The zero-order valence-electron chi connectivity index (χ0n) is 18.3. The molecule has 3 aromatic rings. The summed E-state index contributed by atoms with van der Waals surface area (Å²) in [5.74, 6) is -1.28. The molecule has 2 heterocycles. The van der Waals surface area contributed by atoms with Crippen LogP contribution in [-0.2, 0) is 16.0 Å². The third-order valence-corrected chi connectivity index (χ3v) is 6.36. The number of nitrogens with one attached hydrogen (secondary N) is 1. The zero-order chi connectivity index (χ0) is 22.9.